The van der Waals surface area contributed by atoms with Crippen LogP contribution < -0.4 is 10.9 Å². The van der Waals surface area contributed by atoms with Crippen molar-refractivity contribution in [2.24, 2.45) is 0 Å². The van der Waals surface area contributed by atoms with Crippen LogP contribution in [-0.2, 0) is 0 Å². The van der Waals surface area contributed by atoms with Gasteiger partial charge >= 0.3 is 0 Å². The van der Waals surface area contributed by atoms with Crippen LogP contribution in [-0.4, -0.2) is 45.2 Å². The Morgan fingerprint density at radius 3 is 2.53 bits per heavy atom. The fourth-order valence-electron chi connectivity index (χ4n) is 2.83. The van der Waals surface area contributed by atoms with Gasteiger partial charge in [0.1, 0.15) is 11.4 Å². The first-order valence-electron chi connectivity index (χ1n) is 9.11. The molecule has 3 N–H and O–H groups in total. The lowest BCUT2D eigenvalue weighted by Crippen LogP contribution is -2.41. The second-order valence-corrected chi connectivity index (χ2v) is 6.95. The van der Waals surface area contributed by atoms with Gasteiger partial charge in [0.2, 0.25) is 0 Å². The van der Waals surface area contributed by atoms with Crippen LogP contribution in [0.3, 0.4) is 0 Å². The molecule has 1 atom stereocenters. The van der Waals surface area contributed by atoms with Gasteiger partial charge in [-0.15, -0.1) is 0 Å². The number of aliphatic hydroxyl groups excluding tert-OH is 2. The van der Waals surface area contributed by atoms with Crippen molar-refractivity contribution in [1.29, 1.82) is 0 Å². The monoisotopic (exact) mass is 431 g/mol. The minimum Gasteiger partial charge on any atom is -0.396 e. The van der Waals surface area contributed by atoms with Gasteiger partial charge in [0, 0.05) is 17.2 Å². The number of aliphatic hydroxyl groups is 2. The van der Waals surface area contributed by atoms with Crippen molar-refractivity contribution in [2.75, 3.05) is 13.2 Å². The molecule has 0 aliphatic heterocycles. The predicted molar refractivity (Wildman–Crippen MR) is 110 cm³/mol. The van der Waals surface area contributed by atoms with E-state index in [0.717, 1.165) is 10.7 Å². The molecule has 0 saturated heterocycles. The summed E-state index contributed by atoms with van der Waals surface area (Å²) in [5.41, 5.74) is 0.0436. The van der Waals surface area contributed by atoms with Gasteiger partial charge in [0.25, 0.3) is 11.5 Å². The van der Waals surface area contributed by atoms with Crippen LogP contribution in [0.2, 0.25) is 5.02 Å². The van der Waals surface area contributed by atoms with Crippen LogP contribution in [0.5, 0.6) is 0 Å². The summed E-state index contributed by atoms with van der Waals surface area (Å²) >= 11 is 5.93. The molecule has 0 aliphatic carbocycles. The molecule has 2 aromatic carbocycles. The molecule has 1 amide bonds. The van der Waals surface area contributed by atoms with Crippen molar-refractivity contribution in [3.63, 3.8) is 0 Å². The fourth-order valence-corrected chi connectivity index (χ4v) is 2.96. The normalized spacial score (nSPS) is 11.9. The van der Waals surface area contributed by atoms with E-state index in [9.17, 15) is 19.1 Å². The number of aromatic nitrogens is 2. The quantitative estimate of drug-likeness (QED) is 0.532. The van der Waals surface area contributed by atoms with E-state index >= 15 is 0 Å². The third kappa shape index (κ3) is 4.91. The molecule has 3 aromatic rings. The zero-order chi connectivity index (χ0) is 21.7. The van der Waals surface area contributed by atoms with Gasteiger partial charge in [-0.25, -0.2) is 4.39 Å². The Balaban J connectivity index is 2.14. The highest BCUT2D eigenvalue weighted by Gasteiger charge is 2.20. The van der Waals surface area contributed by atoms with E-state index < -0.39 is 29.9 Å². The predicted octanol–water partition coefficient (Wildman–Crippen LogP) is 2.17. The minimum atomic E-state index is -0.753. The zero-order valence-corrected chi connectivity index (χ0v) is 16.5. The second-order valence-electron chi connectivity index (χ2n) is 6.51. The summed E-state index contributed by atoms with van der Waals surface area (Å²) in [7, 11) is 0. The van der Waals surface area contributed by atoms with Gasteiger partial charge in [0.05, 0.1) is 24.0 Å². The number of halogens is 2. The van der Waals surface area contributed by atoms with E-state index in [1.165, 1.54) is 24.3 Å². The number of nitrogens with one attached hydrogen (secondary N) is 1. The maximum atomic E-state index is 13.7. The number of rotatable bonds is 7. The van der Waals surface area contributed by atoms with E-state index in [2.05, 4.69) is 10.4 Å². The summed E-state index contributed by atoms with van der Waals surface area (Å²) < 4.78 is 14.7. The Labute approximate surface area is 176 Å². The van der Waals surface area contributed by atoms with E-state index in [0.29, 0.717) is 16.3 Å². The van der Waals surface area contributed by atoms with Crippen LogP contribution >= 0.6 is 11.6 Å². The Kier molecular flexibility index (Phi) is 6.94. The van der Waals surface area contributed by atoms with Gasteiger partial charge in [-0.1, -0.05) is 29.8 Å². The van der Waals surface area contributed by atoms with E-state index in [-0.39, 0.29) is 24.3 Å². The van der Waals surface area contributed by atoms with Crippen LogP contribution in [0.15, 0.2) is 59.4 Å². The first kappa shape index (κ1) is 21.6. The first-order chi connectivity index (χ1) is 14.4. The molecule has 1 heterocycles. The average Bonchev–Trinajstić information content (AvgIpc) is 2.74. The highest BCUT2D eigenvalue weighted by atomic mass is 35.5. The standard InChI is InChI=1S/C21H19ClFN3O4/c22-14-6-4-13(5-7-14)19-11-18(20(29)24-16(12-28)8-9-27)21(30)26(25-19)17-3-1-2-15(23)10-17/h1-7,10-11,16,27-28H,8-9,12H2,(H,24,29)/t16-/m1/s1. The van der Waals surface area contributed by atoms with Crippen molar-refractivity contribution >= 4 is 17.5 Å². The van der Waals surface area contributed by atoms with Crippen LogP contribution in [0.25, 0.3) is 16.9 Å². The van der Waals surface area contributed by atoms with E-state index in [1.807, 2.05) is 0 Å². The lowest BCUT2D eigenvalue weighted by molar-refractivity contribution is 0.0902. The van der Waals surface area contributed by atoms with Crippen molar-refractivity contribution in [3.8, 4) is 16.9 Å². The number of hydrogen-bond donors (Lipinski definition) is 3. The van der Waals surface area contributed by atoms with Gasteiger partial charge in [0.15, 0.2) is 0 Å². The molecule has 0 radical (unpaired) electrons. The van der Waals surface area contributed by atoms with Gasteiger partial charge in [-0.3, -0.25) is 9.59 Å². The van der Waals surface area contributed by atoms with Crippen LogP contribution in [0, 0.1) is 5.82 Å². The molecular weight excluding hydrogens is 413 g/mol. The molecule has 0 unspecified atom stereocenters. The summed E-state index contributed by atoms with van der Waals surface area (Å²) in [6, 6.07) is 12.5. The summed E-state index contributed by atoms with van der Waals surface area (Å²) in [6.45, 7) is -0.648. The lowest BCUT2D eigenvalue weighted by atomic mass is 10.1. The Morgan fingerprint density at radius 1 is 1.17 bits per heavy atom. The number of carbonyl (C=O) groups is 1. The second kappa shape index (κ2) is 9.62. The topological polar surface area (TPSA) is 104 Å². The Morgan fingerprint density at radius 2 is 1.90 bits per heavy atom. The van der Waals surface area contributed by atoms with Crippen molar-refractivity contribution in [1.82, 2.24) is 15.1 Å². The number of nitrogens with zero attached hydrogens (tertiary/aromatic N) is 2. The molecule has 0 aliphatic rings. The highest BCUT2D eigenvalue weighted by Crippen LogP contribution is 2.20. The molecule has 3 rings (SSSR count). The highest BCUT2D eigenvalue weighted by molar-refractivity contribution is 6.30. The molecule has 1 aromatic heterocycles. The largest absolute Gasteiger partial charge is 0.396 e. The molecule has 0 bridgehead atoms. The summed E-state index contributed by atoms with van der Waals surface area (Å²) in [6.07, 6.45) is 0.120. The lowest BCUT2D eigenvalue weighted by Gasteiger charge is -2.16. The Hall–Kier alpha value is -3.07. The number of hydrogen-bond acceptors (Lipinski definition) is 5. The first-order valence-corrected chi connectivity index (χ1v) is 9.49. The third-order valence-electron chi connectivity index (χ3n) is 4.38. The van der Waals surface area contributed by atoms with Gasteiger partial charge < -0.3 is 15.5 Å². The van der Waals surface area contributed by atoms with E-state index in [4.69, 9.17) is 16.7 Å². The van der Waals surface area contributed by atoms with Crippen molar-refractivity contribution < 1.29 is 19.4 Å². The molecule has 0 fully saturated rings. The molecule has 0 saturated carbocycles. The zero-order valence-electron chi connectivity index (χ0n) is 15.8. The summed E-state index contributed by atoms with van der Waals surface area (Å²) in [5, 5.41) is 25.7. The van der Waals surface area contributed by atoms with Crippen molar-refractivity contribution in [3.05, 3.63) is 81.4 Å². The number of carbonyl (C=O) groups excluding carboxylic acids is 1. The molecule has 7 nitrogen and oxygen atoms in total. The number of benzene rings is 2. The average molecular weight is 432 g/mol. The third-order valence-corrected chi connectivity index (χ3v) is 4.63. The fraction of sp³-hybridized carbons (Fsp3) is 0.190. The Bertz CT molecular complexity index is 1100. The molecular formula is C21H19ClFN3O4. The molecule has 9 heteroatoms. The molecule has 0 spiro atoms. The SMILES string of the molecule is O=C(N[C@@H](CO)CCO)c1cc(-c2ccc(Cl)cc2)nn(-c2cccc(F)c2)c1=O. The minimum absolute atomic E-state index is 0.120. The number of amides is 1. The smallest absolute Gasteiger partial charge is 0.284 e. The van der Waals surface area contributed by atoms with Crippen LogP contribution in [0.4, 0.5) is 4.39 Å². The molecule has 156 valence electrons. The van der Waals surface area contributed by atoms with Gasteiger partial charge in [-0.2, -0.15) is 9.78 Å². The summed E-state index contributed by atoms with van der Waals surface area (Å²) in [5.74, 6) is -1.30. The maximum absolute atomic E-state index is 13.7. The van der Waals surface area contributed by atoms with E-state index in [1.54, 1.807) is 24.3 Å². The summed E-state index contributed by atoms with van der Waals surface area (Å²) in [4.78, 5) is 25.7. The van der Waals surface area contributed by atoms with Crippen molar-refractivity contribution in [2.45, 2.75) is 12.5 Å². The van der Waals surface area contributed by atoms with Gasteiger partial charge in [-0.05, 0) is 42.8 Å². The molecule has 30 heavy (non-hydrogen) atoms. The van der Waals surface area contributed by atoms with Crippen LogP contribution in [0.1, 0.15) is 16.8 Å². The maximum Gasteiger partial charge on any atom is 0.284 e.